The van der Waals surface area contributed by atoms with Crippen molar-refractivity contribution in [3.8, 4) is 5.88 Å². The van der Waals surface area contributed by atoms with Crippen LogP contribution in [0.3, 0.4) is 0 Å². The van der Waals surface area contributed by atoms with Crippen molar-refractivity contribution in [1.82, 2.24) is 9.55 Å². The first-order valence-corrected chi connectivity index (χ1v) is 9.27. The number of fused-ring (bicyclic) bond motifs is 1. The minimum Gasteiger partial charge on any atom is -0.471 e. The van der Waals surface area contributed by atoms with Gasteiger partial charge in [0.2, 0.25) is 5.88 Å². The molecule has 3 rings (SSSR count). The van der Waals surface area contributed by atoms with Crippen LogP contribution in [0.1, 0.15) is 37.1 Å². The van der Waals surface area contributed by atoms with Gasteiger partial charge in [-0.3, -0.25) is 0 Å². The fraction of sp³-hybridized carbons (Fsp3) is 0.381. The van der Waals surface area contributed by atoms with Gasteiger partial charge in [-0.05, 0) is 55.5 Å². The van der Waals surface area contributed by atoms with Crippen molar-refractivity contribution in [1.29, 1.82) is 0 Å². The molecule has 138 valence electrons. The summed E-state index contributed by atoms with van der Waals surface area (Å²) >= 11 is 6.24. The molecule has 26 heavy (non-hydrogen) atoms. The Morgan fingerprint density at radius 2 is 1.88 bits per heavy atom. The summed E-state index contributed by atoms with van der Waals surface area (Å²) < 4.78 is 21.4. The van der Waals surface area contributed by atoms with Gasteiger partial charge in [-0.2, -0.15) is 4.98 Å². The maximum Gasteiger partial charge on any atom is 0.240 e. The van der Waals surface area contributed by atoms with Gasteiger partial charge in [0.1, 0.15) is 23.1 Å². The van der Waals surface area contributed by atoms with Crippen LogP contribution in [0.5, 0.6) is 5.88 Å². The van der Waals surface area contributed by atoms with E-state index in [9.17, 15) is 4.39 Å². The Bertz CT molecular complexity index is 916. The molecule has 5 heteroatoms. The number of benzene rings is 1. The molecule has 0 unspecified atom stereocenters. The number of ether oxygens (including phenoxy) is 1. The van der Waals surface area contributed by atoms with Gasteiger partial charge >= 0.3 is 0 Å². The molecule has 0 aliphatic heterocycles. The highest BCUT2D eigenvalue weighted by molar-refractivity contribution is 6.30. The van der Waals surface area contributed by atoms with Crippen molar-refractivity contribution in [2.45, 2.75) is 47.3 Å². The van der Waals surface area contributed by atoms with Crippen molar-refractivity contribution in [3.63, 3.8) is 0 Å². The second-order valence-electron chi connectivity index (χ2n) is 7.11. The molecule has 0 fully saturated rings. The molecule has 3 aromatic rings. The average molecular weight is 375 g/mol. The van der Waals surface area contributed by atoms with Gasteiger partial charge < -0.3 is 9.30 Å². The molecule has 0 atom stereocenters. The molecule has 0 N–H and O–H groups in total. The summed E-state index contributed by atoms with van der Waals surface area (Å²) in [7, 11) is 0. The van der Waals surface area contributed by atoms with E-state index < -0.39 is 0 Å². The molecular formula is C21H24ClFN2O. The highest BCUT2D eigenvalue weighted by atomic mass is 35.5. The molecule has 1 aromatic carbocycles. The first kappa shape index (κ1) is 18.7. The third-order valence-corrected chi connectivity index (χ3v) is 4.96. The van der Waals surface area contributed by atoms with Crippen LogP contribution in [-0.4, -0.2) is 9.55 Å². The van der Waals surface area contributed by atoms with Gasteiger partial charge in [0.05, 0.1) is 0 Å². The van der Waals surface area contributed by atoms with Crippen molar-refractivity contribution in [3.05, 3.63) is 58.1 Å². The lowest BCUT2D eigenvalue weighted by Gasteiger charge is -2.13. The number of hydrogen-bond acceptors (Lipinski definition) is 2. The van der Waals surface area contributed by atoms with Crippen molar-refractivity contribution in [2.75, 3.05) is 0 Å². The number of halogens is 2. The van der Waals surface area contributed by atoms with Crippen molar-refractivity contribution in [2.24, 2.45) is 5.92 Å². The molecule has 2 aromatic heterocycles. The molecule has 0 saturated carbocycles. The summed E-state index contributed by atoms with van der Waals surface area (Å²) in [4.78, 5) is 4.42. The summed E-state index contributed by atoms with van der Waals surface area (Å²) in [6.45, 7) is 9.88. The number of pyridine rings is 1. The maximum atomic E-state index is 13.1. The van der Waals surface area contributed by atoms with Crippen LogP contribution in [0.15, 0.2) is 30.3 Å². The smallest absolute Gasteiger partial charge is 0.240 e. The largest absolute Gasteiger partial charge is 0.471 e. The Kier molecular flexibility index (Phi) is 5.52. The SMILES string of the molecule is Cc1c(C)n(CCC(C)C)c2c(OCc3ccc(F)cc3)nc(Cl)cc12. The molecule has 2 heterocycles. The van der Waals surface area contributed by atoms with E-state index in [1.807, 2.05) is 6.07 Å². The molecule has 0 spiro atoms. The van der Waals surface area contributed by atoms with Gasteiger partial charge in [0, 0.05) is 17.6 Å². The van der Waals surface area contributed by atoms with Gasteiger partial charge in [-0.15, -0.1) is 0 Å². The van der Waals surface area contributed by atoms with Crippen LogP contribution in [0.25, 0.3) is 10.9 Å². The van der Waals surface area contributed by atoms with Crippen molar-refractivity contribution >= 4 is 22.5 Å². The van der Waals surface area contributed by atoms with Gasteiger partial charge in [-0.25, -0.2) is 4.39 Å². The van der Waals surface area contributed by atoms with Gasteiger partial charge in [0.15, 0.2) is 0 Å². The van der Waals surface area contributed by atoms with Crippen LogP contribution < -0.4 is 4.74 Å². The van der Waals surface area contributed by atoms with E-state index in [4.69, 9.17) is 16.3 Å². The van der Waals surface area contributed by atoms with Gasteiger partial charge in [0.25, 0.3) is 0 Å². The lowest BCUT2D eigenvalue weighted by Crippen LogP contribution is -2.06. The van der Waals surface area contributed by atoms with Crippen LogP contribution in [0.2, 0.25) is 5.15 Å². The molecular weight excluding hydrogens is 351 g/mol. The summed E-state index contributed by atoms with van der Waals surface area (Å²) in [5.74, 6) is 0.874. The quantitative estimate of drug-likeness (QED) is 0.489. The topological polar surface area (TPSA) is 27.1 Å². The predicted molar refractivity (Wildman–Crippen MR) is 104 cm³/mol. The Morgan fingerprint density at radius 1 is 1.19 bits per heavy atom. The molecule has 3 nitrogen and oxygen atoms in total. The average Bonchev–Trinajstić information content (AvgIpc) is 2.83. The van der Waals surface area contributed by atoms with Crippen molar-refractivity contribution < 1.29 is 9.13 Å². The lowest BCUT2D eigenvalue weighted by molar-refractivity contribution is 0.296. The Labute approximate surface area is 158 Å². The number of rotatable bonds is 6. The minimum absolute atomic E-state index is 0.258. The molecule has 0 aliphatic rings. The monoisotopic (exact) mass is 374 g/mol. The summed E-state index contributed by atoms with van der Waals surface area (Å²) in [5.41, 5.74) is 4.26. The van der Waals surface area contributed by atoms with E-state index >= 15 is 0 Å². The van der Waals surface area contributed by atoms with E-state index in [0.29, 0.717) is 23.6 Å². The van der Waals surface area contributed by atoms with Crippen LogP contribution in [0.4, 0.5) is 4.39 Å². The third-order valence-electron chi connectivity index (χ3n) is 4.77. The number of aromatic nitrogens is 2. The Balaban J connectivity index is 2.00. The Morgan fingerprint density at radius 3 is 2.54 bits per heavy atom. The summed E-state index contributed by atoms with van der Waals surface area (Å²) in [5, 5.41) is 1.48. The number of aryl methyl sites for hydroxylation is 2. The fourth-order valence-electron chi connectivity index (χ4n) is 3.10. The van der Waals surface area contributed by atoms with E-state index in [1.54, 1.807) is 12.1 Å². The Hall–Kier alpha value is -2.07. The first-order chi connectivity index (χ1) is 12.4. The highest BCUT2D eigenvalue weighted by Crippen LogP contribution is 2.34. The predicted octanol–water partition coefficient (Wildman–Crippen LogP) is 6.07. The molecule has 0 bridgehead atoms. The zero-order valence-corrected chi connectivity index (χ0v) is 16.4. The van der Waals surface area contributed by atoms with E-state index in [2.05, 4.69) is 37.2 Å². The standard InChI is InChI=1S/C21H24ClFN2O/c1-13(2)9-10-25-15(4)14(3)18-11-19(22)24-21(20(18)25)26-12-16-5-7-17(23)8-6-16/h5-8,11,13H,9-10,12H2,1-4H3. The van der Waals surface area contributed by atoms with Crippen LogP contribution in [0, 0.1) is 25.6 Å². The first-order valence-electron chi connectivity index (χ1n) is 8.90. The molecule has 0 radical (unpaired) electrons. The third kappa shape index (κ3) is 3.85. The van der Waals surface area contributed by atoms with Gasteiger partial charge in [-0.1, -0.05) is 37.6 Å². The maximum absolute atomic E-state index is 13.1. The zero-order chi connectivity index (χ0) is 18.8. The van der Waals surface area contributed by atoms with Crippen LogP contribution in [-0.2, 0) is 13.2 Å². The second kappa shape index (κ2) is 7.67. The molecule has 0 saturated heterocycles. The summed E-state index contributed by atoms with van der Waals surface area (Å²) in [6, 6.07) is 8.19. The fourth-order valence-corrected chi connectivity index (χ4v) is 3.28. The number of nitrogens with zero attached hydrogens (tertiary/aromatic N) is 2. The second-order valence-corrected chi connectivity index (χ2v) is 7.49. The van der Waals surface area contributed by atoms with Crippen LogP contribution >= 0.6 is 11.6 Å². The van der Waals surface area contributed by atoms with E-state index in [-0.39, 0.29) is 5.82 Å². The molecule has 0 amide bonds. The normalized spacial score (nSPS) is 11.5. The van der Waals surface area contributed by atoms with E-state index in [1.165, 1.54) is 23.4 Å². The number of hydrogen-bond donors (Lipinski definition) is 0. The minimum atomic E-state index is -0.258. The molecule has 0 aliphatic carbocycles. The zero-order valence-electron chi connectivity index (χ0n) is 15.6. The highest BCUT2D eigenvalue weighted by Gasteiger charge is 2.18. The lowest BCUT2D eigenvalue weighted by atomic mass is 10.1. The summed E-state index contributed by atoms with van der Waals surface area (Å²) in [6.07, 6.45) is 1.07. The van der Waals surface area contributed by atoms with E-state index in [0.717, 1.165) is 29.4 Å².